The van der Waals surface area contributed by atoms with Crippen LogP contribution in [-0.2, 0) is 26.1 Å². The van der Waals surface area contributed by atoms with E-state index in [1.54, 1.807) is 36.7 Å². The molecule has 2 aromatic carbocycles. The third kappa shape index (κ3) is 5.34. The number of sulfonamides is 1. The summed E-state index contributed by atoms with van der Waals surface area (Å²) in [6, 6.07) is 14.1. The summed E-state index contributed by atoms with van der Waals surface area (Å²) >= 11 is 1.34. The number of aromatic nitrogens is 2. The number of carbonyl (C=O) groups excluding carboxylic acids is 2. The molecule has 3 heterocycles. The van der Waals surface area contributed by atoms with E-state index in [0.29, 0.717) is 28.1 Å². The number of methoxy groups -OCH3 is 1. The van der Waals surface area contributed by atoms with Gasteiger partial charge in [-0.1, -0.05) is 25.1 Å². The van der Waals surface area contributed by atoms with Crippen LogP contribution in [-0.4, -0.2) is 54.2 Å². The topological polar surface area (TPSA) is 119 Å². The number of para-hydroxylation sites is 1. The van der Waals surface area contributed by atoms with E-state index in [9.17, 15) is 18.0 Å². The molecule has 0 spiro atoms. The van der Waals surface area contributed by atoms with Gasteiger partial charge in [0, 0.05) is 17.3 Å². The van der Waals surface area contributed by atoms with Crippen molar-refractivity contribution in [3.63, 3.8) is 0 Å². The molecule has 1 N–H and O–H groups in total. The molecule has 0 aliphatic carbocycles. The molecule has 5 rings (SSSR count). The monoisotopic (exact) mass is 567 g/mol. The van der Waals surface area contributed by atoms with Gasteiger partial charge in [0.05, 0.1) is 42.3 Å². The smallest absolute Gasteiger partial charge is 0.306 e. The minimum Gasteiger partial charge on any atom is -0.488 e. The highest BCUT2D eigenvalue weighted by Crippen LogP contribution is 2.37. The van der Waals surface area contributed by atoms with Crippen molar-refractivity contribution in [2.75, 3.05) is 13.7 Å². The van der Waals surface area contributed by atoms with Crippen LogP contribution in [0, 0.1) is 0 Å². The number of ether oxygens (including phenoxy) is 2. The number of thiophene rings is 1. The van der Waals surface area contributed by atoms with Crippen LogP contribution in [0.2, 0.25) is 0 Å². The molecule has 0 saturated heterocycles. The van der Waals surface area contributed by atoms with Gasteiger partial charge in [-0.3, -0.25) is 9.59 Å². The summed E-state index contributed by atoms with van der Waals surface area (Å²) in [4.78, 5) is 33.6. The van der Waals surface area contributed by atoms with Crippen LogP contribution in [0.1, 0.15) is 58.3 Å². The summed E-state index contributed by atoms with van der Waals surface area (Å²) in [5.41, 5.74) is 2.85. The fourth-order valence-corrected chi connectivity index (χ4v) is 7.43. The van der Waals surface area contributed by atoms with Crippen molar-refractivity contribution in [3.05, 3.63) is 75.7 Å². The van der Waals surface area contributed by atoms with E-state index in [1.807, 2.05) is 25.1 Å². The molecule has 0 radical (unpaired) electrons. The Morgan fingerprint density at radius 1 is 1.23 bits per heavy atom. The van der Waals surface area contributed by atoms with Crippen molar-refractivity contribution in [1.29, 1.82) is 0 Å². The molecule has 0 amide bonds. The van der Waals surface area contributed by atoms with Crippen LogP contribution in [0.3, 0.4) is 0 Å². The highest BCUT2D eigenvalue weighted by Gasteiger charge is 2.35. The summed E-state index contributed by atoms with van der Waals surface area (Å²) in [5, 5.41) is 0. The highest BCUT2D eigenvalue weighted by atomic mass is 32.2. The number of rotatable bonds is 8. The highest BCUT2D eigenvalue weighted by molar-refractivity contribution is 7.89. The number of fused-ring (bicyclic) bond motifs is 2. The molecular weight excluding hydrogens is 538 g/mol. The number of hydrogen-bond donors (Lipinski definition) is 1. The van der Waals surface area contributed by atoms with E-state index in [0.717, 1.165) is 16.0 Å². The lowest BCUT2D eigenvalue weighted by molar-refractivity contribution is -0.140. The van der Waals surface area contributed by atoms with Gasteiger partial charge in [0.25, 0.3) is 0 Å². The van der Waals surface area contributed by atoms with Gasteiger partial charge in [0.1, 0.15) is 16.7 Å². The fraction of sp³-hybridized carbons (Fsp3) is 0.321. The van der Waals surface area contributed by atoms with Crippen LogP contribution in [0.5, 0.6) is 5.75 Å². The molecule has 2 atom stereocenters. The van der Waals surface area contributed by atoms with Gasteiger partial charge in [-0.05, 0) is 54.8 Å². The molecule has 1 aliphatic rings. The number of aromatic amines is 1. The van der Waals surface area contributed by atoms with E-state index in [4.69, 9.17) is 9.47 Å². The standard InChI is InChI=1S/C28H29N3O6S2/c1-4-20-15-31(39(34,35)26-8-6-5-7-23(26)37-20)14-19-11-18(12-22-28(19)30-16-29-22)21(13-27(33)36-3)25-10-9-24(38-25)17(2)32/h5-12,16,20-21H,4,13-15H2,1-3H3,(H,29,30)/t20-,21?/m1/s1. The second-order valence-electron chi connectivity index (χ2n) is 9.46. The molecule has 204 valence electrons. The van der Waals surface area contributed by atoms with Crippen LogP contribution in [0.15, 0.2) is 59.8 Å². The third-order valence-corrected chi connectivity index (χ3v) is 10.1. The van der Waals surface area contributed by atoms with Crippen LogP contribution < -0.4 is 4.74 Å². The van der Waals surface area contributed by atoms with Crippen molar-refractivity contribution in [2.45, 2.75) is 50.2 Å². The van der Waals surface area contributed by atoms with Crippen molar-refractivity contribution in [2.24, 2.45) is 0 Å². The predicted molar refractivity (Wildman–Crippen MR) is 148 cm³/mol. The summed E-state index contributed by atoms with van der Waals surface area (Å²) in [7, 11) is -2.53. The first kappa shape index (κ1) is 27.0. The number of imidazole rings is 1. The summed E-state index contributed by atoms with van der Waals surface area (Å²) in [6.45, 7) is 3.72. The number of nitrogens with zero attached hydrogens (tertiary/aromatic N) is 2. The molecular formula is C28H29N3O6S2. The minimum absolute atomic E-state index is 0.0490. The zero-order chi connectivity index (χ0) is 27.7. The Hall–Kier alpha value is -3.54. The largest absolute Gasteiger partial charge is 0.488 e. The maximum Gasteiger partial charge on any atom is 0.306 e. The second kappa shape index (κ2) is 10.9. The number of hydrogen-bond acceptors (Lipinski definition) is 8. The van der Waals surface area contributed by atoms with Gasteiger partial charge >= 0.3 is 5.97 Å². The zero-order valence-electron chi connectivity index (χ0n) is 21.8. The zero-order valence-corrected chi connectivity index (χ0v) is 23.5. The normalized spacial score (nSPS) is 17.7. The molecule has 1 aliphatic heterocycles. The minimum atomic E-state index is -3.87. The number of carbonyl (C=O) groups is 2. The van der Waals surface area contributed by atoms with Gasteiger partial charge < -0.3 is 14.5 Å². The van der Waals surface area contributed by atoms with Gasteiger partial charge in [-0.25, -0.2) is 13.4 Å². The van der Waals surface area contributed by atoms with Gasteiger partial charge in [0.2, 0.25) is 10.0 Å². The maximum absolute atomic E-state index is 13.8. The predicted octanol–water partition coefficient (Wildman–Crippen LogP) is 4.88. The van der Waals surface area contributed by atoms with E-state index in [-0.39, 0.29) is 36.3 Å². The molecule has 0 bridgehead atoms. The Morgan fingerprint density at radius 3 is 2.74 bits per heavy atom. The summed E-state index contributed by atoms with van der Waals surface area (Å²) in [6.07, 6.45) is 1.95. The Labute approximate surface area is 230 Å². The Morgan fingerprint density at radius 2 is 2.03 bits per heavy atom. The number of esters is 1. The van der Waals surface area contributed by atoms with Crippen molar-refractivity contribution in [3.8, 4) is 5.75 Å². The molecule has 0 saturated carbocycles. The number of ketones is 1. The Kier molecular flexibility index (Phi) is 7.57. The SMILES string of the molecule is CC[C@@H]1CN(Cc2cc(C(CC(=O)OC)c3ccc(C(C)=O)s3)cc3[nH]cnc23)S(=O)(=O)c2ccccc2O1. The summed E-state index contributed by atoms with van der Waals surface area (Å²) < 4.78 is 40.0. The van der Waals surface area contributed by atoms with Crippen molar-refractivity contribution in [1.82, 2.24) is 14.3 Å². The molecule has 39 heavy (non-hydrogen) atoms. The Bertz CT molecular complexity index is 1640. The lowest BCUT2D eigenvalue weighted by Crippen LogP contribution is -2.36. The van der Waals surface area contributed by atoms with Crippen molar-refractivity contribution >= 4 is 44.1 Å². The molecule has 11 heteroatoms. The molecule has 0 fully saturated rings. The number of Topliss-reactive ketones (excluding diaryl/α,β-unsaturated/α-hetero) is 1. The first-order valence-electron chi connectivity index (χ1n) is 12.6. The quantitative estimate of drug-likeness (QED) is 0.238. The number of benzene rings is 2. The van der Waals surface area contributed by atoms with E-state index >= 15 is 0 Å². The summed E-state index contributed by atoms with van der Waals surface area (Å²) in [5.74, 6) is -0.483. The molecule has 4 aromatic rings. The van der Waals surface area contributed by atoms with E-state index in [2.05, 4.69) is 9.97 Å². The van der Waals surface area contributed by atoms with Crippen LogP contribution in [0.25, 0.3) is 11.0 Å². The number of nitrogens with one attached hydrogen (secondary N) is 1. The lowest BCUT2D eigenvalue weighted by atomic mass is 9.92. The van der Waals surface area contributed by atoms with Gasteiger partial charge in [0.15, 0.2) is 5.78 Å². The van der Waals surface area contributed by atoms with E-state index in [1.165, 1.54) is 29.7 Å². The first-order valence-corrected chi connectivity index (χ1v) is 14.9. The second-order valence-corrected chi connectivity index (χ2v) is 12.5. The van der Waals surface area contributed by atoms with Gasteiger partial charge in [-0.2, -0.15) is 4.31 Å². The van der Waals surface area contributed by atoms with E-state index < -0.39 is 21.9 Å². The van der Waals surface area contributed by atoms with Gasteiger partial charge in [-0.15, -0.1) is 11.3 Å². The third-order valence-electron chi connectivity index (χ3n) is 6.91. The Balaban J connectivity index is 1.60. The average Bonchev–Trinajstić information content (AvgIpc) is 3.59. The molecule has 2 aromatic heterocycles. The fourth-order valence-electron chi connectivity index (χ4n) is 4.83. The average molecular weight is 568 g/mol. The van der Waals surface area contributed by atoms with Crippen LogP contribution >= 0.6 is 11.3 Å². The van der Waals surface area contributed by atoms with Crippen LogP contribution in [0.4, 0.5) is 0 Å². The maximum atomic E-state index is 13.8. The molecule has 1 unspecified atom stereocenters. The lowest BCUT2D eigenvalue weighted by Gasteiger charge is -2.23. The first-order chi connectivity index (χ1) is 18.7. The van der Waals surface area contributed by atoms with Crippen molar-refractivity contribution < 1.29 is 27.5 Å². The molecule has 9 nitrogen and oxygen atoms in total. The number of H-pyrrole nitrogens is 1.